The number of hydrogen-bond donors (Lipinski definition) is 2. The standard InChI is InChI=1S/C19H16N2.C13H12N2.C2H6/c1-4-10-16(11-5-1)19(17-12-6-2-7-13-17)21-20-18-14-8-3-9-15-18;14-15-13(11-7-3-1-4-8-11)12-9-5-2-6-10-12;1-2/h1-15,20H;1-10H,14H2;1-2H3. The van der Waals surface area contributed by atoms with Crippen molar-refractivity contribution in [3.05, 3.63) is 174 Å². The first kappa shape index (κ1) is 27.6. The Hall–Kier alpha value is -4.96. The number of hydrazone groups is 2. The number of para-hydroxylation sites is 1. The first-order chi connectivity index (χ1) is 18.8. The highest BCUT2D eigenvalue weighted by molar-refractivity contribution is 6.13. The molecule has 190 valence electrons. The van der Waals surface area contributed by atoms with Gasteiger partial charge in [0.2, 0.25) is 0 Å². The summed E-state index contributed by atoms with van der Waals surface area (Å²) in [5, 5.41) is 8.45. The largest absolute Gasteiger partial charge is 0.323 e. The Morgan fingerprint density at radius 2 is 0.737 bits per heavy atom. The zero-order chi connectivity index (χ0) is 26.8. The van der Waals surface area contributed by atoms with Crippen LogP contribution in [0.25, 0.3) is 0 Å². The Kier molecular flexibility index (Phi) is 11.6. The number of nitrogens with zero attached hydrogens (tertiary/aromatic N) is 2. The average Bonchev–Trinajstić information content (AvgIpc) is 3.02. The fraction of sp³-hybridized carbons (Fsp3) is 0.0588. The summed E-state index contributed by atoms with van der Waals surface area (Å²) in [6, 6.07) is 50.2. The summed E-state index contributed by atoms with van der Waals surface area (Å²) in [5.74, 6) is 5.42. The Morgan fingerprint density at radius 1 is 0.447 bits per heavy atom. The van der Waals surface area contributed by atoms with Gasteiger partial charge in [0.25, 0.3) is 0 Å². The van der Waals surface area contributed by atoms with E-state index >= 15 is 0 Å². The molecule has 38 heavy (non-hydrogen) atoms. The quantitative estimate of drug-likeness (QED) is 0.142. The van der Waals surface area contributed by atoms with Crippen molar-refractivity contribution in [2.24, 2.45) is 16.0 Å². The van der Waals surface area contributed by atoms with Gasteiger partial charge >= 0.3 is 0 Å². The van der Waals surface area contributed by atoms with Crippen LogP contribution in [0.5, 0.6) is 0 Å². The molecule has 0 fully saturated rings. The maximum Gasteiger partial charge on any atom is 0.0977 e. The van der Waals surface area contributed by atoms with Crippen molar-refractivity contribution in [3.8, 4) is 0 Å². The molecule has 5 aromatic carbocycles. The third kappa shape index (κ3) is 8.32. The molecule has 4 heteroatoms. The van der Waals surface area contributed by atoms with E-state index in [-0.39, 0.29) is 0 Å². The number of anilines is 1. The summed E-state index contributed by atoms with van der Waals surface area (Å²) in [6.45, 7) is 4.00. The summed E-state index contributed by atoms with van der Waals surface area (Å²) in [7, 11) is 0. The molecule has 0 bridgehead atoms. The first-order valence-corrected chi connectivity index (χ1v) is 12.7. The van der Waals surface area contributed by atoms with Crippen molar-refractivity contribution in [2.75, 3.05) is 5.43 Å². The maximum absolute atomic E-state index is 5.42. The van der Waals surface area contributed by atoms with Gasteiger partial charge in [-0.2, -0.15) is 10.2 Å². The second-order valence-electron chi connectivity index (χ2n) is 7.88. The van der Waals surface area contributed by atoms with Gasteiger partial charge in [-0.3, -0.25) is 5.43 Å². The molecule has 0 amide bonds. The van der Waals surface area contributed by atoms with Crippen LogP contribution in [0.2, 0.25) is 0 Å². The fourth-order valence-electron chi connectivity index (χ4n) is 3.63. The Morgan fingerprint density at radius 3 is 1.05 bits per heavy atom. The third-order valence-electron chi connectivity index (χ3n) is 5.39. The lowest BCUT2D eigenvalue weighted by molar-refractivity contribution is 1.24. The highest BCUT2D eigenvalue weighted by atomic mass is 15.3. The van der Waals surface area contributed by atoms with E-state index in [1.807, 2.05) is 141 Å². The van der Waals surface area contributed by atoms with Gasteiger partial charge in [-0.25, -0.2) is 0 Å². The zero-order valence-electron chi connectivity index (χ0n) is 21.9. The van der Waals surface area contributed by atoms with Crippen molar-refractivity contribution < 1.29 is 0 Å². The molecule has 0 unspecified atom stereocenters. The van der Waals surface area contributed by atoms with E-state index in [4.69, 9.17) is 5.84 Å². The minimum atomic E-state index is 0.816. The summed E-state index contributed by atoms with van der Waals surface area (Å²) in [6.07, 6.45) is 0. The van der Waals surface area contributed by atoms with Gasteiger partial charge in [0, 0.05) is 22.3 Å². The topological polar surface area (TPSA) is 62.8 Å². The SMILES string of the molecule is CC.NN=C(c1ccccc1)c1ccccc1.c1ccc(NN=C(c2ccccc2)c2ccccc2)cc1. The second kappa shape index (κ2) is 15.9. The van der Waals surface area contributed by atoms with Crippen LogP contribution in [0, 0.1) is 0 Å². The molecule has 5 rings (SSSR count). The van der Waals surface area contributed by atoms with Crippen LogP contribution in [0.1, 0.15) is 36.1 Å². The van der Waals surface area contributed by atoms with Crippen LogP contribution in [-0.4, -0.2) is 11.4 Å². The number of nitrogens with one attached hydrogen (secondary N) is 1. The average molecular weight is 499 g/mol. The molecule has 0 aliphatic rings. The zero-order valence-corrected chi connectivity index (χ0v) is 21.9. The molecule has 0 spiro atoms. The maximum atomic E-state index is 5.42. The van der Waals surface area contributed by atoms with E-state index in [1.54, 1.807) is 0 Å². The molecule has 4 nitrogen and oxygen atoms in total. The van der Waals surface area contributed by atoms with Crippen LogP contribution in [0.4, 0.5) is 5.69 Å². The molecule has 0 atom stereocenters. The van der Waals surface area contributed by atoms with Crippen molar-refractivity contribution >= 4 is 17.1 Å². The predicted molar refractivity (Wildman–Crippen MR) is 163 cm³/mol. The van der Waals surface area contributed by atoms with E-state index < -0.39 is 0 Å². The number of hydrogen-bond acceptors (Lipinski definition) is 4. The van der Waals surface area contributed by atoms with E-state index in [9.17, 15) is 0 Å². The van der Waals surface area contributed by atoms with Crippen LogP contribution in [-0.2, 0) is 0 Å². The summed E-state index contributed by atoms with van der Waals surface area (Å²) in [5.41, 5.74) is 10.1. The van der Waals surface area contributed by atoms with E-state index in [2.05, 4.69) is 39.9 Å². The van der Waals surface area contributed by atoms with Crippen LogP contribution in [0.3, 0.4) is 0 Å². The smallest absolute Gasteiger partial charge is 0.0977 e. The van der Waals surface area contributed by atoms with Gasteiger partial charge < -0.3 is 5.84 Å². The molecule has 0 heterocycles. The summed E-state index contributed by atoms with van der Waals surface area (Å²) < 4.78 is 0. The Balaban J connectivity index is 0.000000208. The Bertz CT molecular complexity index is 1280. The molecule has 0 saturated carbocycles. The van der Waals surface area contributed by atoms with Gasteiger partial charge in [-0.15, -0.1) is 0 Å². The normalized spacial score (nSPS) is 9.42. The molecule has 0 aliphatic heterocycles. The van der Waals surface area contributed by atoms with E-state index in [1.165, 1.54) is 0 Å². The minimum absolute atomic E-state index is 0.816. The highest BCUT2D eigenvalue weighted by Crippen LogP contribution is 2.13. The van der Waals surface area contributed by atoms with Crippen LogP contribution < -0.4 is 11.3 Å². The molecule has 3 N–H and O–H groups in total. The van der Waals surface area contributed by atoms with Crippen LogP contribution in [0.15, 0.2) is 162 Å². The third-order valence-corrected chi connectivity index (χ3v) is 5.39. The van der Waals surface area contributed by atoms with Crippen molar-refractivity contribution in [3.63, 3.8) is 0 Å². The molecule has 0 saturated heterocycles. The molecule has 0 aliphatic carbocycles. The summed E-state index contributed by atoms with van der Waals surface area (Å²) >= 11 is 0. The lowest BCUT2D eigenvalue weighted by Gasteiger charge is -2.08. The molecular weight excluding hydrogens is 464 g/mol. The van der Waals surface area contributed by atoms with E-state index in [0.717, 1.165) is 39.4 Å². The van der Waals surface area contributed by atoms with Gasteiger partial charge in [0.05, 0.1) is 17.1 Å². The van der Waals surface area contributed by atoms with E-state index in [0.29, 0.717) is 0 Å². The molecular formula is C34H34N4. The molecule has 0 radical (unpaired) electrons. The van der Waals surface area contributed by atoms with Crippen molar-refractivity contribution in [1.29, 1.82) is 0 Å². The second-order valence-corrected chi connectivity index (χ2v) is 7.88. The van der Waals surface area contributed by atoms with Crippen LogP contribution >= 0.6 is 0 Å². The number of benzene rings is 5. The Labute approximate surface area is 226 Å². The highest BCUT2D eigenvalue weighted by Gasteiger charge is 2.06. The van der Waals surface area contributed by atoms with Gasteiger partial charge in [0.1, 0.15) is 0 Å². The first-order valence-electron chi connectivity index (χ1n) is 12.7. The summed E-state index contributed by atoms with van der Waals surface area (Å²) in [4.78, 5) is 0. The fourth-order valence-corrected chi connectivity index (χ4v) is 3.63. The minimum Gasteiger partial charge on any atom is -0.323 e. The van der Waals surface area contributed by atoms with Gasteiger partial charge in [-0.1, -0.05) is 153 Å². The monoisotopic (exact) mass is 498 g/mol. The number of rotatable bonds is 6. The lowest BCUT2D eigenvalue weighted by Crippen LogP contribution is -2.06. The number of nitrogens with two attached hydrogens (primary N) is 1. The van der Waals surface area contributed by atoms with Crippen molar-refractivity contribution in [1.82, 2.24) is 0 Å². The van der Waals surface area contributed by atoms with Crippen molar-refractivity contribution in [2.45, 2.75) is 13.8 Å². The van der Waals surface area contributed by atoms with Gasteiger partial charge in [0.15, 0.2) is 0 Å². The predicted octanol–water partition coefficient (Wildman–Crippen LogP) is 7.98. The lowest BCUT2D eigenvalue weighted by atomic mass is 10.0. The molecule has 0 aromatic heterocycles. The molecule has 5 aromatic rings. The van der Waals surface area contributed by atoms with Gasteiger partial charge in [-0.05, 0) is 12.1 Å².